The highest BCUT2D eigenvalue weighted by Crippen LogP contribution is 2.32. The van der Waals surface area contributed by atoms with Gasteiger partial charge in [0.15, 0.2) is 17.3 Å². The molecule has 0 bridgehead atoms. The summed E-state index contributed by atoms with van der Waals surface area (Å²) in [6.45, 7) is 0.245. The van der Waals surface area contributed by atoms with Gasteiger partial charge in [0.2, 0.25) is 0 Å². The summed E-state index contributed by atoms with van der Waals surface area (Å²) in [7, 11) is 4.69. The first-order valence-electron chi connectivity index (χ1n) is 7.68. The normalized spacial score (nSPS) is 10.6. The molecule has 0 aliphatic heterocycles. The molecule has 0 N–H and O–H groups in total. The van der Waals surface area contributed by atoms with E-state index in [1.807, 2.05) is 18.2 Å². The lowest BCUT2D eigenvalue weighted by Gasteiger charge is -2.11. The maximum Gasteiger partial charge on any atom is 0.442 e. The molecule has 0 spiro atoms. The standard InChI is InChI=1S/C18H17BrN2O5/c1-23-14-7-5-13(19)8-12(14)10-21-17(20-26-18(21)22)11-4-6-15(24-2)16(9-11)25-3/h4-9H,10H2,1-3H3. The zero-order valence-electron chi connectivity index (χ0n) is 14.5. The van der Waals surface area contributed by atoms with E-state index in [-0.39, 0.29) is 6.54 Å². The van der Waals surface area contributed by atoms with E-state index >= 15 is 0 Å². The Morgan fingerprint density at radius 1 is 1.00 bits per heavy atom. The quantitative estimate of drug-likeness (QED) is 0.608. The Hall–Kier alpha value is -2.74. The van der Waals surface area contributed by atoms with E-state index in [0.29, 0.717) is 28.6 Å². The zero-order valence-corrected chi connectivity index (χ0v) is 16.1. The molecule has 0 radical (unpaired) electrons. The second kappa shape index (κ2) is 7.65. The van der Waals surface area contributed by atoms with Crippen LogP contribution in [0.4, 0.5) is 0 Å². The summed E-state index contributed by atoms with van der Waals surface area (Å²) in [4.78, 5) is 12.2. The van der Waals surface area contributed by atoms with Crippen molar-refractivity contribution in [2.24, 2.45) is 0 Å². The summed E-state index contributed by atoms with van der Waals surface area (Å²) in [6.07, 6.45) is 0. The second-order valence-electron chi connectivity index (χ2n) is 5.38. The van der Waals surface area contributed by atoms with Gasteiger partial charge in [0.05, 0.1) is 27.9 Å². The fourth-order valence-corrected chi connectivity index (χ4v) is 3.04. The van der Waals surface area contributed by atoms with Crippen molar-refractivity contribution in [1.82, 2.24) is 9.72 Å². The number of hydrogen-bond donors (Lipinski definition) is 0. The molecule has 0 unspecified atom stereocenters. The molecule has 3 rings (SSSR count). The largest absolute Gasteiger partial charge is 0.496 e. The van der Waals surface area contributed by atoms with Crippen molar-refractivity contribution in [3.05, 3.63) is 57.0 Å². The van der Waals surface area contributed by atoms with Crippen molar-refractivity contribution in [1.29, 1.82) is 0 Å². The number of benzene rings is 2. The van der Waals surface area contributed by atoms with Crippen LogP contribution in [0.1, 0.15) is 5.56 Å². The van der Waals surface area contributed by atoms with Gasteiger partial charge in [-0.15, -0.1) is 0 Å². The van der Waals surface area contributed by atoms with E-state index < -0.39 is 5.76 Å². The average molecular weight is 421 g/mol. The van der Waals surface area contributed by atoms with E-state index in [2.05, 4.69) is 21.1 Å². The van der Waals surface area contributed by atoms with Gasteiger partial charge in [-0.3, -0.25) is 9.09 Å². The molecule has 1 heterocycles. The third-order valence-electron chi connectivity index (χ3n) is 3.90. The number of ether oxygens (including phenoxy) is 3. The minimum Gasteiger partial charge on any atom is -0.496 e. The molecule has 0 atom stereocenters. The number of methoxy groups -OCH3 is 3. The maximum absolute atomic E-state index is 12.2. The first-order chi connectivity index (χ1) is 12.6. The topological polar surface area (TPSA) is 75.7 Å². The van der Waals surface area contributed by atoms with E-state index in [4.69, 9.17) is 18.7 Å². The van der Waals surface area contributed by atoms with Gasteiger partial charge in [0.25, 0.3) is 0 Å². The van der Waals surface area contributed by atoms with E-state index in [9.17, 15) is 4.79 Å². The first kappa shape index (κ1) is 18.1. The Morgan fingerprint density at radius 2 is 1.69 bits per heavy atom. The van der Waals surface area contributed by atoms with Crippen molar-refractivity contribution in [2.45, 2.75) is 6.54 Å². The fourth-order valence-electron chi connectivity index (χ4n) is 2.63. The van der Waals surface area contributed by atoms with E-state index in [1.165, 1.54) is 4.57 Å². The number of halogens is 1. The molecule has 0 amide bonds. The smallest absolute Gasteiger partial charge is 0.442 e. The Morgan fingerprint density at radius 3 is 2.38 bits per heavy atom. The number of hydrogen-bond acceptors (Lipinski definition) is 6. The highest BCUT2D eigenvalue weighted by atomic mass is 79.9. The molecule has 2 aromatic carbocycles. The summed E-state index contributed by atoms with van der Waals surface area (Å²) in [5.74, 6) is 1.61. The lowest BCUT2D eigenvalue weighted by Crippen LogP contribution is -2.16. The van der Waals surface area contributed by atoms with Crippen molar-refractivity contribution in [2.75, 3.05) is 21.3 Å². The van der Waals surface area contributed by atoms with Crippen LogP contribution in [0, 0.1) is 0 Å². The summed E-state index contributed by atoms with van der Waals surface area (Å²) < 4.78 is 23.1. The van der Waals surface area contributed by atoms with E-state index in [1.54, 1.807) is 39.5 Å². The van der Waals surface area contributed by atoms with Crippen LogP contribution in [0.2, 0.25) is 0 Å². The molecule has 8 heteroatoms. The predicted octanol–water partition coefficient (Wildman–Crippen LogP) is 3.34. The minimum atomic E-state index is -0.559. The fraction of sp³-hybridized carbons (Fsp3) is 0.222. The molecular formula is C18H17BrN2O5. The molecule has 0 fully saturated rings. The van der Waals surface area contributed by atoms with Gasteiger partial charge in [-0.2, -0.15) is 0 Å². The number of nitrogens with zero attached hydrogens (tertiary/aromatic N) is 2. The molecular weight excluding hydrogens is 404 g/mol. The molecule has 26 heavy (non-hydrogen) atoms. The highest BCUT2D eigenvalue weighted by Gasteiger charge is 2.17. The molecule has 0 aliphatic rings. The summed E-state index contributed by atoms with van der Waals surface area (Å²) >= 11 is 3.43. The second-order valence-corrected chi connectivity index (χ2v) is 6.30. The predicted molar refractivity (Wildman–Crippen MR) is 99.1 cm³/mol. The van der Waals surface area contributed by atoms with Crippen molar-refractivity contribution < 1.29 is 18.7 Å². The molecule has 3 aromatic rings. The van der Waals surface area contributed by atoms with Crippen LogP contribution in [0.5, 0.6) is 17.2 Å². The van der Waals surface area contributed by atoms with Crippen molar-refractivity contribution in [3.8, 4) is 28.6 Å². The van der Waals surface area contributed by atoms with Gasteiger partial charge in [0.1, 0.15) is 5.75 Å². The van der Waals surface area contributed by atoms with Crippen LogP contribution >= 0.6 is 15.9 Å². The van der Waals surface area contributed by atoms with Crippen LogP contribution in [0.15, 0.2) is 50.2 Å². The average Bonchev–Trinajstić information content (AvgIpc) is 3.02. The summed E-state index contributed by atoms with van der Waals surface area (Å²) in [5.41, 5.74) is 1.48. The summed E-state index contributed by atoms with van der Waals surface area (Å²) in [5, 5.41) is 3.92. The molecule has 0 aliphatic carbocycles. The van der Waals surface area contributed by atoms with Gasteiger partial charge in [-0.1, -0.05) is 21.1 Å². The number of rotatable bonds is 6. The Labute approximate surface area is 158 Å². The minimum absolute atomic E-state index is 0.245. The van der Waals surface area contributed by atoms with Gasteiger partial charge < -0.3 is 14.2 Å². The number of aromatic nitrogens is 2. The molecule has 1 aromatic heterocycles. The Balaban J connectivity index is 2.06. The Kier molecular flexibility index (Phi) is 5.32. The third kappa shape index (κ3) is 3.45. The molecule has 0 saturated carbocycles. The van der Waals surface area contributed by atoms with Crippen molar-refractivity contribution >= 4 is 15.9 Å². The van der Waals surface area contributed by atoms with Crippen molar-refractivity contribution in [3.63, 3.8) is 0 Å². The van der Waals surface area contributed by atoms with Gasteiger partial charge in [0, 0.05) is 15.6 Å². The third-order valence-corrected chi connectivity index (χ3v) is 4.39. The molecule has 0 saturated heterocycles. The van der Waals surface area contributed by atoms with Crippen LogP contribution in [0.25, 0.3) is 11.4 Å². The van der Waals surface area contributed by atoms with E-state index in [0.717, 1.165) is 10.0 Å². The monoisotopic (exact) mass is 420 g/mol. The maximum atomic E-state index is 12.2. The van der Waals surface area contributed by atoms with Gasteiger partial charge in [-0.05, 0) is 36.4 Å². The SMILES string of the molecule is COc1ccc(Br)cc1Cn1c(-c2ccc(OC)c(OC)c2)noc1=O. The lowest BCUT2D eigenvalue weighted by molar-refractivity contribution is 0.355. The highest BCUT2D eigenvalue weighted by molar-refractivity contribution is 9.10. The van der Waals surface area contributed by atoms with Crippen LogP contribution in [-0.2, 0) is 6.54 Å². The summed E-state index contributed by atoms with van der Waals surface area (Å²) in [6, 6.07) is 10.9. The zero-order chi connectivity index (χ0) is 18.7. The van der Waals surface area contributed by atoms with Gasteiger partial charge >= 0.3 is 5.76 Å². The van der Waals surface area contributed by atoms with Gasteiger partial charge in [-0.25, -0.2) is 4.79 Å². The Bertz CT molecular complexity index is 980. The molecule has 7 nitrogen and oxygen atoms in total. The molecule has 136 valence electrons. The van der Waals surface area contributed by atoms with Crippen LogP contribution < -0.4 is 20.0 Å². The van der Waals surface area contributed by atoms with Crippen LogP contribution in [0.3, 0.4) is 0 Å². The van der Waals surface area contributed by atoms with Crippen LogP contribution in [-0.4, -0.2) is 31.1 Å². The lowest BCUT2D eigenvalue weighted by atomic mass is 10.1. The first-order valence-corrected chi connectivity index (χ1v) is 8.48.